The summed E-state index contributed by atoms with van der Waals surface area (Å²) in [5.41, 5.74) is 0. The van der Waals surface area contributed by atoms with Crippen LogP contribution in [0.5, 0.6) is 0 Å². The van der Waals surface area contributed by atoms with Crippen LogP contribution in [0.15, 0.2) is 22.5 Å². The number of guanidine groups is 1. The fourth-order valence-corrected chi connectivity index (χ4v) is 5.10. The van der Waals surface area contributed by atoms with Crippen LogP contribution in [-0.2, 0) is 9.84 Å². The SMILES string of the molecule is CN=C(NCCS(=O)(=O)C(C)(C)C)NCC(c1cccs1)N1CCC(C)CC1.I. The predicted octanol–water partition coefficient (Wildman–Crippen LogP) is 3.52. The van der Waals surface area contributed by atoms with Crippen molar-refractivity contribution in [1.82, 2.24) is 15.5 Å². The van der Waals surface area contributed by atoms with E-state index >= 15 is 0 Å². The van der Waals surface area contributed by atoms with Gasteiger partial charge in [0, 0.05) is 25.0 Å². The average molecular weight is 557 g/mol. The number of piperidine rings is 1. The van der Waals surface area contributed by atoms with Crippen LogP contribution >= 0.6 is 35.3 Å². The standard InChI is InChI=1S/C20H36N4O2S2.HI/c1-16-8-11-24(12-9-16)17(18-7-6-13-27-18)15-23-19(21-5)22-10-14-28(25,26)20(2,3)4;/h6-7,13,16-17H,8-12,14-15H2,1-5H3,(H2,21,22,23);1H. The fraction of sp³-hybridized carbons (Fsp3) is 0.750. The van der Waals surface area contributed by atoms with Crippen LogP contribution in [0.3, 0.4) is 0 Å². The van der Waals surface area contributed by atoms with Gasteiger partial charge in [-0.1, -0.05) is 13.0 Å². The number of nitrogens with zero attached hydrogens (tertiary/aromatic N) is 2. The van der Waals surface area contributed by atoms with Gasteiger partial charge in [-0.15, -0.1) is 35.3 Å². The first kappa shape index (κ1) is 26.6. The maximum absolute atomic E-state index is 12.3. The van der Waals surface area contributed by atoms with Crippen LogP contribution in [0.1, 0.15) is 51.5 Å². The topological polar surface area (TPSA) is 73.8 Å². The molecule has 0 saturated carbocycles. The van der Waals surface area contributed by atoms with E-state index in [1.165, 1.54) is 17.7 Å². The molecule has 2 N–H and O–H groups in total. The molecule has 1 aliphatic heterocycles. The van der Waals surface area contributed by atoms with Crippen LogP contribution in [0.2, 0.25) is 0 Å². The Morgan fingerprint density at radius 1 is 1.31 bits per heavy atom. The summed E-state index contributed by atoms with van der Waals surface area (Å²) in [7, 11) is -1.42. The minimum Gasteiger partial charge on any atom is -0.355 e. The zero-order chi connectivity index (χ0) is 20.8. The lowest BCUT2D eigenvalue weighted by atomic mass is 9.97. The van der Waals surface area contributed by atoms with E-state index in [1.54, 1.807) is 39.2 Å². The molecule has 2 rings (SSSR count). The molecule has 1 aromatic rings. The summed E-state index contributed by atoms with van der Waals surface area (Å²) >= 11 is 1.79. The van der Waals surface area contributed by atoms with Gasteiger partial charge in [0.25, 0.3) is 0 Å². The normalized spacial score (nSPS) is 18.2. The number of thiophene rings is 1. The molecule has 0 aliphatic carbocycles. The van der Waals surface area contributed by atoms with Gasteiger partial charge in [0.2, 0.25) is 0 Å². The van der Waals surface area contributed by atoms with E-state index in [2.05, 4.69) is 45.0 Å². The van der Waals surface area contributed by atoms with Crippen molar-refractivity contribution in [3.63, 3.8) is 0 Å². The quantitative estimate of drug-likeness (QED) is 0.306. The predicted molar refractivity (Wildman–Crippen MR) is 135 cm³/mol. The minimum absolute atomic E-state index is 0. The van der Waals surface area contributed by atoms with Gasteiger partial charge in [0.1, 0.15) is 0 Å². The molecule has 9 heteroatoms. The van der Waals surface area contributed by atoms with Crippen molar-refractivity contribution >= 4 is 51.1 Å². The molecule has 1 unspecified atom stereocenters. The molecule has 168 valence electrons. The summed E-state index contributed by atoms with van der Waals surface area (Å²) < 4.78 is 23.8. The van der Waals surface area contributed by atoms with Gasteiger partial charge in [0.15, 0.2) is 15.8 Å². The second-order valence-electron chi connectivity index (χ2n) is 8.56. The van der Waals surface area contributed by atoms with Crippen LogP contribution in [0.4, 0.5) is 0 Å². The largest absolute Gasteiger partial charge is 0.355 e. The number of aliphatic imine (C=N–C) groups is 1. The van der Waals surface area contributed by atoms with Crippen molar-refractivity contribution in [2.75, 3.05) is 39.0 Å². The van der Waals surface area contributed by atoms with E-state index in [-0.39, 0.29) is 29.7 Å². The second kappa shape index (κ2) is 11.9. The van der Waals surface area contributed by atoms with Crippen molar-refractivity contribution in [3.8, 4) is 0 Å². The lowest BCUT2D eigenvalue weighted by Gasteiger charge is -2.36. The van der Waals surface area contributed by atoms with Gasteiger partial charge >= 0.3 is 0 Å². The van der Waals surface area contributed by atoms with E-state index in [0.29, 0.717) is 18.5 Å². The average Bonchev–Trinajstić information content (AvgIpc) is 3.15. The number of hydrogen-bond acceptors (Lipinski definition) is 5. The molecule has 6 nitrogen and oxygen atoms in total. The van der Waals surface area contributed by atoms with Crippen LogP contribution < -0.4 is 10.6 Å². The third kappa shape index (κ3) is 7.99. The molecule has 0 amide bonds. The number of nitrogens with one attached hydrogen (secondary N) is 2. The Balaban J connectivity index is 0.00000420. The highest BCUT2D eigenvalue weighted by molar-refractivity contribution is 14.0. The van der Waals surface area contributed by atoms with E-state index in [1.807, 2.05) is 0 Å². The van der Waals surface area contributed by atoms with Crippen molar-refractivity contribution in [1.29, 1.82) is 0 Å². The first-order chi connectivity index (χ1) is 13.1. The Bertz CT molecular complexity index is 722. The first-order valence-corrected chi connectivity index (χ1v) is 12.6. The highest BCUT2D eigenvalue weighted by atomic mass is 127. The molecule has 1 fully saturated rings. The lowest BCUT2D eigenvalue weighted by molar-refractivity contribution is 0.140. The molecule has 0 bridgehead atoms. The number of halogens is 1. The smallest absolute Gasteiger partial charge is 0.191 e. The summed E-state index contributed by atoms with van der Waals surface area (Å²) in [6, 6.07) is 4.61. The third-order valence-electron chi connectivity index (χ3n) is 5.41. The van der Waals surface area contributed by atoms with Crippen LogP contribution in [-0.4, -0.2) is 63.0 Å². The number of hydrogen-bond donors (Lipinski definition) is 2. The van der Waals surface area contributed by atoms with Gasteiger partial charge < -0.3 is 10.6 Å². The van der Waals surface area contributed by atoms with Gasteiger partial charge in [-0.25, -0.2) is 8.42 Å². The maximum Gasteiger partial charge on any atom is 0.191 e. The van der Waals surface area contributed by atoms with Crippen molar-refractivity contribution < 1.29 is 8.42 Å². The Morgan fingerprint density at radius 3 is 2.48 bits per heavy atom. The van der Waals surface area contributed by atoms with Crippen LogP contribution in [0.25, 0.3) is 0 Å². The zero-order valence-corrected chi connectivity index (χ0v) is 22.2. The molecular weight excluding hydrogens is 519 g/mol. The lowest BCUT2D eigenvalue weighted by Crippen LogP contribution is -2.46. The van der Waals surface area contributed by atoms with Gasteiger partial charge in [-0.2, -0.15) is 0 Å². The van der Waals surface area contributed by atoms with Crippen molar-refractivity contribution in [2.24, 2.45) is 10.9 Å². The Hall–Kier alpha value is -0.390. The molecule has 0 spiro atoms. The summed E-state index contributed by atoms with van der Waals surface area (Å²) in [6.07, 6.45) is 2.47. The Labute approximate surface area is 197 Å². The molecule has 1 saturated heterocycles. The van der Waals surface area contributed by atoms with Gasteiger partial charge in [-0.3, -0.25) is 9.89 Å². The number of rotatable bonds is 7. The third-order valence-corrected chi connectivity index (χ3v) is 8.99. The molecule has 0 radical (unpaired) electrons. The van der Waals surface area contributed by atoms with Gasteiger partial charge in [0.05, 0.1) is 16.5 Å². The number of likely N-dealkylation sites (tertiary alicyclic amines) is 1. The summed E-state index contributed by atoms with van der Waals surface area (Å²) in [5, 5.41) is 8.68. The second-order valence-corrected chi connectivity index (χ2v) is 12.4. The molecule has 0 aromatic carbocycles. The van der Waals surface area contributed by atoms with Crippen LogP contribution in [0, 0.1) is 5.92 Å². The number of sulfone groups is 1. The highest BCUT2D eigenvalue weighted by Crippen LogP contribution is 2.29. The van der Waals surface area contributed by atoms with E-state index in [0.717, 1.165) is 25.6 Å². The summed E-state index contributed by atoms with van der Waals surface area (Å²) in [4.78, 5) is 8.17. The molecule has 1 atom stereocenters. The van der Waals surface area contributed by atoms with Crippen molar-refractivity contribution in [2.45, 2.75) is 51.3 Å². The molecule has 1 aliphatic rings. The fourth-order valence-electron chi connectivity index (χ4n) is 3.25. The highest BCUT2D eigenvalue weighted by Gasteiger charge is 2.28. The van der Waals surface area contributed by atoms with E-state index in [9.17, 15) is 8.42 Å². The van der Waals surface area contributed by atoms with Gasteiger partial charge in [-0.05, 0) is 64.1 Å². The Morgan fingerprint density at radius 2 is 1.97 bits per heavy atom. The molecular formula is C20H37IN4O2S2. The van der Waals surface area contributed by atoms with Crippen molar-refractivity contribution in [3.05, 3.63) is 22.4 Å². The molecule has 1 aromatic heterocycles. The summed E-state index contributed by atoms with van der Waals surface area (Å²) in [6.45, 7) is 10.9. The van der Waals surface area contributed by atoms with E-state index in [4.69, 9.17) is 0 Å². The Kier molecular flexibility index (Phi) is 10.9. The molecule has 2 heterocycles. The minimum atomic E-state index is -3.14. The monoisotopic (exact) mass is 556 g/mol. The summed E-state index contributed by atoms with van der Waals surface area (Å²) in [5.74, 6) is 1.54. The van der Waals surface area contributed by atoms with E-state index < -0.39 is 14.6 Å². The first-order valence-electron chi connectivity index (χ1n) is 10.1. The zero-order valence-electron chi connectivity index (χ0n) is 18.3. The molecule has 29 heavy (non-hydrogen) atoms. The maximum atomic E-state index is 12.3.